The molecule has 0 unspecified atom stereocenters. The van der Waals surface area contributed by atoms with E-state index in [4.69, 9.17) is 11.6 Å². The Kier molecular flexibility index (Phi) is 6.02. The molecule has 1 rings (SSSR count). The standard InChI is InChI=1S/C15H21ClN2O2/c1-15(2,3)18-14(20)11-6-8-12(9-7-11)17-13(19)5-4-10-16/h6-9H,4-5,10H2,1-3H3,(H,17,19)(H,18,20). The Morgan fingerprint density at radius 2 is 1.75 bits per heavy atom. The molecule has 0 aliphatic rings. The molecule has 4 nitrogen and oxygen atoms in total. The Hall–Kier alpha value is -1.55. The minimum absolute atomic E-state index is 0.0717. The summed E-state index contributed by atoms with van der Waals surface area (Å²) in [7, 11) is 0. The number of carbonyl (C=O) groups excluding carboxylic acids is 2. The lowest BCUT2D eigenvalue weighted by Gasteiger charge is -2.20. The van der Waals surface area contributed by atoms with Crippen LogP contribution in [0, 0.1) is 0 Å². The highest BCUT2D eigenvalue weighted by Crippen LogP contribution is 2.11. The fraction of sp³-hybridized carbons (Fsp3) is 0.467. The van der Waals surface area contributed by atoms with E-state index in [0.29, 0.717) is 30.0 Å². The highest BCUT2D eigenvalue weighted by Gasteiger charge is 2.15. The average molecular weight is 297 g/mol. The summed E-state index contributed by atoms with van der Waals surface area (Å²) in [4.78, 5) is 23.5. The van der Waals surface area contributed by atoms with Crippen LogP contribution in [0.25, 0.3) is 0 Å². The van der Waals surface area contributed by atoms with Gasteiger partial charge in [0.15, 0.2) is 0 Å². The molecule has 0 saturated carbocycles. The van der Waals surface area contributed by atoms with Crippen molar-refractivity contribution >= 4 is 29.1 Å². The number of carbonyl (C=O) groups is 2. The first-order valence-corrected chi connectivity index (χ1v) is 7.13. The Labute approximate surface area is 124 Å². The molecule has 2 N–H and O–H groups in total. The number of anilines is 1. The summed E-state index contributed by atoms with van der Waals surface area (Å²) in [5.41, 5.74) is 0.974. The number of benzene rings is 1. The van der Waals surface area contributed by atoms with Crippen LogP contribution in [0.4, 0.5) is 5.69 Å². The Morgan fingerprint density at radius 1 is 1.15 bits per heavy atom. The van der Waals surface area contributed by atoms with Gasteiger partial charge < -0.3 is 10.6 Å². The summed E-state index contributed by atoms with van der Waals surface area (Å²) >= 11 is 5.53. The second kappa shape index (κ2) is 7.29. The third-order valence-electron chi connectivity index (χ3n) is 2.46. The maximum atomic E-state index is 11.9. The topological polar surface area (TPSA) is 58.2 Å². The van der Waals surface area contributed by atoms with Crippen LogP contribution in [-0.2, 0) is 4.79 Å². The van der Waals surface area contributed by atoms with Crippen molar-refractivity contribution in [2.45, 2.75) is 39.2 Å². The number of amides is 2. The first kappa shape index (κ1) is 16.5. The smallest absolute Gasteiger partial charge is 0.251 e. The lowest BCUT2D eigenvalue weighted by molar-refractivity contribution is -0.116. The molecule has 0 aliphatic heterocycles. The molecule has 0 aliphatic carbocycles. The number of rotatable bonds is 5. The molecule has 0 saturated heterocycles. The molecule has 110 valence electrons. The predicted molar refractivity (Wildman–Crippen MR) is 82.2 cm³/mol. The minimum Gasteiger partial charge on any atom is -0.347 e. The van der Waals surface area contributed by atoms with Crippen molar-refractivity contribution in [2.24, 2.45) is 0 Å². The monoisotopic (exact) mass is 296 g/mol. The van der Waals surface area contributed by atoms with Crippen molar-refractivity contribution in [3.05, 3.63) is 29.8 Å². The lowest BCUT2D eigenvalue weighted by atomic mass is 10.1. The molecule has 2 amide bonds. The van der Waals surface area contributed by atoms with Crippen molar-refractivity contribution in [3.63, 3.8) is 0 Å². The van der Waals surface area contributed by atoms with Gasteiger partial charge in [-0.05, 0) is 51.5 Å². The first-order valence-electron chi connectivity index (χ1n) is 6.60. The number of hydrogen-bond acceptors (Lipinski definition) is 2. The molecule has 5 heteroatoms. The number of nitrogens with one attached hydrogen (secondary N) is 2. The molecule has 0 fully saturated rings. The van der Waals surface area contributed by atoms with E-state index in [2.05, 4.69) is 10.6 Å². The fourth-order valence-electron chi connectivity index (χ4n) is 1.57. The zero-order chi connectivity index (χ0) is 15.2. The number of alkyl halides is 1. The van der Waals surface area contributed by atoms with Crippen molar-refractivity contribution in [3.8, 4) is 0 Å². The van der Waals surface area contributed by atoms with Gasteiger partial charge in [-0.3, -0.25) is 9.59 Å². The van der Waals surface area contributed by atoms with E-state index in [0.717, 1.165) is 0 Å². The Balaban J connectivity index is 2.60. The molecular formula is C15H21ClN2O2. The zero-order valence-electron chi connectivity index (χ0n) is 12.1. The van der Waals surface area contributed by atoms with Gasteiger partial charge in [-0.25, -0.2) is 0 Å². The van der Waals surface area contributed by atoms with Crippen molar-refractivity contribution in [2.75, 3.05) is 11.2 Å². The van der Waals surface area contributed by atoms with Crippen molar-refractivity contribution < 1.29 is 9.59 Å². The molecule has 1 aromatic rings. The third-order valence-corrected chi connectivity index (χ3v) is 2.72. The maximum absolute atomic E-state index is 11.9. The van der Waals surface area contributed by atoms with Crippen molar-refractivity contribution in [1.29, 1.82) is 0 Å². The average Bonchev–Trinajstić information content (AvgIpc) is 2.35. The Morgan fingerprint density at radius 3 is 2.25 bits per heavy atom. The van der Waals surface area contributed by atoms with Crippen LogP contribution in [-0.4, -0.2) is 23.2 Å². The summed E-state index contributed by atoms with van der Waals surface area (Å²) < 4.78 is 0. The van der Waals surface area contributed by atoms with Gasteiger partial charge in [0.1, 0.15) is 0 Å². The first-order chi connectivity index (χ1) is 9.31. The van der Waals surface area contributed by atoms with Crippen LogP contribution in [0.2, 0.25) is 0 Å². The van der Waals surface area contributed by atoms with E-state index in [-0.39, 0.29) is 17.4 Å². The van der Waals surface area contributed by atoms with E-state index in [1.165, 1.54) is 0 Å². The van der Waals surface area contributed by atoms with Gasteiger partial charge in [0.25, 0.3) is 5.91 Å². The van der Waals surface area contributed by atoms with Gasteiger partial charge in [0.05, 0.1) is 0 Å². The maximum Gasteiger partial charge on any atom is 0.251 e. The molecule has 0 bridgehead atoms. The van der Waals surface area contributed by atoms with Crippen molar-refractivity contribution in [1.82, 2.24) is 5.32 Å². The third kappa shape index (κ3) is 6.06. The van der Waals surface area contributed by atoms with Gasteiger partial charge in [0, 0.05) is 29.1 Å². The second-order valence-electron chi connectivity index (χ2n) is 5.62. The normalized spacial score (nSPS) is 11.0. The van der Waals surface area contributed by atoms with Crippen LogP contribution in [0.5, 0.6) is 0 Å². The SMILES string of the molecule is CC(C)(C)NC(=O)c1ccc(NC(=O)CCCCl)cc1. The summed E-state index contributed by atoms with van der Waals surface area (Å²) in [6, 6.07) is 6.82. The summed E-state index contributed by atoms with van der Waals surface area (Å²) in [5.74, 6) is 0.273. The lowest BCUT2D eigenvalue weighted by Crippen LogP contribution is -2.40. The largest absolute Gasteiger partial charge is 0.347 e. The van der Waals surface area contributed by atoms with E-state index in [9.17, 15) is 9.59 Å². The van der Waals surface area contributed by atoms with Crippen LogP contribution < -0.4 is 10.6 Å². The molecule has 0 radical (unpaired) electrons. The molecule has 0 spiro atoms. The summed E-state index contributed by atoms with van der Waals surface area (Å²) in [5, 5.41) is 5.64. The summed E-state index contributed by atoms with van der Waals surface area (Å²) in [6.07, 6.45) is 1.05. The quantitative estimate of drug-likeness (QED) is 0.820. The molecule has 0 heterocycles. The molecule has 0 atom stereocenters. The predicted octanol–water partition coefficient (Wildman–Crippen LogP) is 3.17. The Bertz CT molecular complexity index is 464. The second-order valence-corrected chi connectivity index (χ2v) is 6.00. The van der Waals surface area contributed by atoms with Crippen LogP contribution >= 0.6 is 11.6 Å². The van der Waals surface area contributed by atoms with E-state index < -0.39 is 0 Å². The molecule has 1 aromatic carbocycles. The van der Waals surface area contributed by atoms with Crippen LogP contribution in [0.15, 0.2) is 24.3 Å². The van der Waals surface area contributed by atoms with E-state index in [1.54, 1.807) is 24.3 Å². The minimum atomic E-state index is -0.272. The highest BCUT2D eigenvalue weighted by atomic mass is 35.5. The van der Waals surface area contributed by atoms with E-state index in [1.807, 2.05) is 20.8 Å². The molecular weight excluding hydrogens is 276 g/mol. The van der Waals surface area contributed by atoms with Gasteiger partial charge in [-0.15, -0.1) is 11.6 Å². The zero-order valence-corrected chi connectivity index (χ0v) is 12.9. The van der Waals surface area contributed by atoms with Crippen LogP contribution in [0.3, 0.4) is 0 Å². The number of halogens is 1. The molecule has 20 heavy (non-hydrogen) atoms. The highest BCUT2D eigenvalue weighted by molar-refractivity contribution is 6.18. The van der Waals surface area contributed by atoms with Gasteiger partial charge in [-0.2, -0.15) is 0 Å². The summed E-state index contributed by atoms with van der Waals surface area (Å²) in [6.45, 7) is 5.78. The fourth-order valence-corrected chi connectivity index (χ4v) is 1.70. The van der Waals surface area contributed by atoms with E-state index >= 15 is 0 Å². The van der Waals surface area contributed by atoms with Gasteiger partial charge in [-0.1, -0.05) is 0 Å². The van der Waals surface area contributed by atoms with Gasteiger partial charge in [0.2, 0.25) is 5.91 Å². The molecule has 0 aromatic heterocycles. The number of hydrogen-bond donors (Lipinski definition) is 2. The van der Waals surface area contributed by atoms with Crippen LogP contribution in [0.1, 0.15) is 44.0 Å². The van der Waals surface area contributed by atoms with Gasteiger partial charge >= 0.3 is 0 Å².